The van der Waals surface area contributed by atoms with Gasteiger partial charge in [-0.3, -0.25) is 14.4 Å². The molecule has 3 aliphatic rings. The van der Waals surface area contributed by atoms with Gasteiger partial charge in [-0.15, -0.1) is 0 Å². The molecule has 41 heavy (non-hydrogen) atoms. The summed E-state index contributed by atoms with van der Waals surface area (Å²) in [7, 11) is 0. The summed E-state index contributed by atoms with van der Waals surface area (Å²) < 4.78 is 6.59. The number of alkyl halides is 1. The second-order valence-electron chi connectivity index (χ2n) is 10.8. The number of carbonyl (C=O) groups excluding carboxylic acids is 3. The molecule has 3 amide bonds. The summed E-state index contributed by atoms with van der Waals surface area (Å²) in [5.41, 5.74) is 1.17. The third kappa shape index (κ3) is 4.55. The lowest BCUT2D eigenvalue weighted by Gasteiger charge is -2.37. The van der Waals surface area contributed by atoms with Gasteiger partial charge in [-0.05, 0) is 42.7 Å². The monoisotopic (exact) mass is 637 g/mol. The lowest BCUT2D eigenvalue weighted by atomic mass is 9.70. The smallest absolute Gasteiger partial charge is 0.250 e. The van der Waals surface area contributed by atoms with Crippen LogP contribution < -0.4 is 10.6 Å². The molecule has 2 bridgehead atoms. The van der Waals surface area contributed by atoms with Gasteiger partial charge in [-0.2, -0.15) is 0 Å². The average Bonchev–Trinajstić information content (AvgIpc) is 3.56. The van der Waals surface area contributed by atoms with E-state index in [4.69, 9.17) is 16.3 Å². The maximum absolute atomic E-state index is 14.5. The molecule has 3 fully saturated rings. The van der Waals surface area contributed by atoms with Gasteiger partial charge >= 0.3 is 0 Å². The van der Waals surface area contributed by atoms with Gasteiger partial charge in [0, 0.05) is 10.5 Å². The molecule has 3 aliphatic heterocycles. The summed E-state index contributed by atoms with van der Waals surface area (Å²) in [5, 5.41) is 16.9. The Labute approximate surface area is 251 Å². The predicted molar refractivity (Wildman–Crippen MR) is 159 cm³/mol. The summed E-state index contributed by atoms with van der Waals surface area (Å²) in [6.45, 7) is 1.41. The first-order valence-electron chi connectivity index (χ1n) is 13.5. The summed E-state index contributed by atoms with van der Waals surface area (Å²) in [6, 6.07) is 21.4. The summed E-state index contributed by atoms with van der Waals surface area (Å²) >= 11 is 10.1. The predicted octanol–water partition coefficient (Wildman–Crippen LogP) is 4.71. The maximum atomic E-state index is 14.5. The van der Waals surface area contributed by atoms with Crippen LogP contribution in [0.2, 0.25) is 5.02 Å². The zero-order valence-electron chi connectivity index (χ0n) is 22.2. The van der Waals surface area contributed by atoms with Crippen LogP contribution in [-0.2, 0) is 19.1 Å². The Kier molecular flexibility index (Phi) is 7.40. The number of aliphatic hydroxyl groups excluding tert-OH is 1. The van der Waals surface area contributed by atoms with Crippen LogP contribution in [0.3, 0.4) is 0 Å². The molecule has 212 valence electrons. The fourth-order valence-electron chi connectivity index (χ4n) is 6.76. The molecular formula is C31H29BrClN3O5. The largest absolute Gasteiger partial charge is 0.394 e. The highest BCUT2D eigenvalue weighted by molar-refractivity contribution is 9.09. The number of nitrogens with zero attached hydrogens (tertiary/aromatic N) is 1. The number of halogens is 2. The number of carbonyl (C=O) groups is 3. The third-order valence-electron chi connectivity index (χ3n) is 8.48. The van der Waals surface area contributed by atoms with E-state index in [1.54, 1.807) is 36.4 Å². The van der Waals surface area contributed by atoms with Crippen molar-refractivity contribution in [2.45, 2.75) is 42.0 Å². The zero-order chi connectivity index (χ0) is 28.9. The van der Waals surface area contributed by atoms with E-state index in [2.05, 4.69) is 26.6 Å². The summed E-state index contributed by atoms with van der Waals surface area (Å²) in [6.07, 6.45) is -0.275. The minimum Gasteiger partial charge on any atom is -0.394 e. The number of rotatable bonds is 7. The third-order valence-corrected chi connectivity index (χ3v) is 9.64. The zero-order valence-corrected chi connectivity index (χ0v) is 24.5. The lowest BCUT2D eigenvalue weighted by Crippen LogP contribution is -2.55. The molecule has 3 unspecified atom stereocenters. The molecule has 1 spiro atoms. The van der Waals surface area contributed by atoms with Crippen LogP contribution in [0.1, 0.15) is 23.6 Å². The second-order valence-corrected chi connectivity index (χ2v) is 12.4. The molecule has 6 rings (SSSR count). The summed E-state index contributed by atoms with van der Waals surface area (Å²) in [4.78, 5) is 43.7. The standard InChI is InChI=1S/C31H29BrClN3O5/c1-17-9-8-14-21(33)25(17)35-29(39)27-31-15-20(32)26(41-31)23(28(38)34-19-12-6-3-7-13-19)24(31)30(40)36(27)22(16-37)18-10-4-2-5-11-18/h2-14,20,22-24,26-27,37H,15-16H2,1H3,(H,34,38)(H,35,39)/t20?,22-,23-,24+,26-,27?,31?/m1/s1. The van der Waals surface area contributed by atoms with Gasteiger partial charge in [0.2, 0.25) is 17.7 Å². The van der Waals surface area contributed by atoms with Crippen molar-refractivity contribution in [2.75, 3.05) is 17.2 Å². The van der Waals surface area contributed by atoms with E-state index in [1.807, 2.05) is 49.4 Å². The van der Waals surface area contributed by atoms with Crippen molar-refractivity contribution < 1.29 is 24.2 Å². The van der Waals surface area contributed by atoms with Crippen LogP contribution in [0.15, 0.2) is 78.9 Å². The maximum Gasteiger partial charge on any atom is 0.250 e. The van der Waals surface area contributed by atoms with E-state index < -0.39 is 54.0 Å². The minimum absolute atomic E-state index is 0.264. The quantitative estimate of drug-likeness (QED) is 0.325. The Balaban J connectivity index is 1.44. The number of benzene rings is 3. The van der Waals surface area contributed by atoms with Crippen molar-refractivity contribution >= 4 is 56.6 Å². The normalized spacial score (nSPS) is 28.8. The molecule has 0 aromatic heterocycles. The minimum atomic E-state index is -1.30. The van der Waals surface area contributed by atoms with Crippen LogP contribution >= 0.6 is 27.5 Å². The molecule has 0 radical (unpaired) electrons. The second kappa shape index (κ2) is 10.9. The van der Waals surface area contributed by atoms with Crippen molar-refractivity contribution in [1.82, 2.24) is 4.90 Å². The van der Waals surface area contributed by atoms with Crippen molar-refractivity contribution in [3.8, 4) is 0 Å². The molecule has 0 aliphatic carbocycles. The van der Waals surface area contributed by atoms with Crippen molar-refractivity contribution in [1.29, 1.82) is 0 Å². The van der Waals surface area contributed by atoms with E-state index >= 15 is 0 Å². The van der Waals surface area contributed by atoms with Crippen molar-refractivity contribution in [3.63, 3.8) is 0 Å². The number of fused-ring (bicyclic) bond motifs is 1. The molecule has 3 heterocycles. The SMILES string of the molecule is Cc1cccc(Cl)c1NC(=O)C1N([C@H](CO)c2ccccc2)C(=O)[C@@H]2[C@@H](C(=O)Nc3ccccc3)[C@@H]3OC12CC3Br. The number of para-hydroxylation sites is 2. The fourth-order valence-corrected chi connectivity index (χ4v) is 7.97. The number of ether oxygens (including phenoxy) is 1. The van der Waals surface area contributed by atoms with E-state index in [9.17, 15) is 19.5 Å². The summed E-state index contributed by atoms with van der Waals surface area (Å²) in [5.74, 6) is -3.02. The van der Waals surface area contributed by atoms with Crippen LogP contribution in [0.5, 0.6) is 0 Å². The number of hydrogen-bond acceptors (Lipinski definition) is 5. The topological polar surface area (TPSA) is 108 Å². The van der Waals surface area contributed by atoms with Crippen molar-refractivity contribution in [2.24, 2.45) is 11.8 Å². The molecule has 8 nitrogen and oxygen atoms in total. The first-order valence-corrected chi connectivity index (χ1v) is 14.8. The molecule has 10 heteroatoms. The van der Waals surface area contributed by atoms with Crippen LogP contribution in [0.4, 0.5) is 11.4 Å². The molecule has 0 saturated carbocycles. The average molecular weight is 639 g/mol. The molecule has 7 atom stereocenters. The number of aryl methyl sites for hydroxylation is 1. The molecule has 3 saturated heterocycles. The van der Waals surface area contributed by atoms with Gasteiger partial charge in [0.15, 0.2) is 0 Å². The first-order chi connectivity index (χ1) is 19.8. The number of nitrogens with one attached hydrogen (secondary N) is 2. The van der Waals surface area contributed by atoms with Gasteiger partial charge in [-0.25, -0.2) is 0 Å². The van der Waals surface area contributed by atoms with E-state index in [1.165, 1.54) is 4.90 Å². The molecule has 3 N–H and O–H groups in total. The van der Waals surface area contributed by atoms with Crippen LogP contribution in [-0.4, -0.2) is 56.9 Å². The Morgan fingerprint density at radius 2 is 1.73 bits per heavy atom. The lowest BCUT2D eigenvalue weighted by molar-refractivity contribution is -0.143. The van der Waals surface area contributed by atoms with Crippen LogP contribution in [0.25, 0.3) is 0 Å². The first kappa shape index (κ1) is 27.9. The number of amides is 3. The Bertz CT molecular complexity index is 1470. The van der Waals surface area contributed by atoms with Gasteiger partial charge in [-0.1, -0.05) is 88.2 Å². The molecule has 3 aromatic carbocycles. The van der Waals surface area contributed by atoms with E-state index in [0.29, 0.717) is 28.4 Å². The molecular weight excluding hydrogens is 610 g/mol. The number of hydrogen-bond donors (Lipinski definition) is 3. The Hall–Kier alpha value is -3.24. The van der Waals surface area contributed by atoms with Gasteiger partial charge in [0.1, 0.15) is 11.6 Å². The number of likely N-dealkylation sites (tertiary alicyclic amines) is 1. The Morgan fingerprint density at radius 3 is 2.39 bits per heavy atom. The molecule has 3 aromatic rings. The number of aliphatic hydroxyl groups is 1. The van der Waals surface area contributed by atoms with E-state index in [-0.39, 0.29) is 10.7 Å². The van der Waals surface area contributed by atoms with Gasteiger partial charge in [0.05, 0.1) is 41.3 Å². The highest BCUT2D eigenvalue weighted by atomic mass is 79.9. The van der Waals surface area contributed by atoms with Gasteiger partial charge in [0.25, 0.3) is 0 Å². The van der Waals surface area contributed by atoms with E-state index in [0.717, 1.165) is 5.56 Å². The van der Waals surface area contributed by atoms with Crippen molar-refractivity contribution in [3.05, 3.63) is 95.0 Å². The van der Waals surface area contributed by atoms with Gasteiger partial charge < -0.3 is 25.4 Å². The highest BCUT2D eigenvalue weighted by Crippen LogP contribution is 2.61. The van der Waals surface area contributed by atoms with Crippen LogP contribution in [0, 0.1) is 18.8 Å². The Morgan fingerprint density at radius 1 is 1.05 bits per heavy atom. The highest BCUT2D eigenvalue weighted by Gasteiger charge is 2.77. The fraction of sp³-hybridized carbons (Fsp3) is 0.323. The number of anilines is 2.